The van der Waals surface area contributed by atoms with Crippen molar-refractivity contribution in [1.82, 2.24) is 4.90 Å². The normalized spacial score (nSPS) is 13.9. The van der Waals surface area contributed by atoms with Crippen molar-refractivity contribution < 1.29 is 32.3 Å². The minimum Gasteiger partial charge on any atom is -0.461 e. The van der Waals surface area contributed by atoms with Crippen molar-refractivity contribution in [2.45, 2.75) is 6.18 Å². The van der Waals surface area contributed by atoms with E-state index in [2.05, 4.69) is 0 Å². The summed E-state index contributed by atoms with van der Waals surface area (Å²) in [4.78, 5) is 37.0. The molecule has 0 aromatic heterocycles. The van der Waals surface area contributed by atoms with Gasteiger partial charge in [-0.15, -0.1) is 0 Å². The Balaban J connectivity index is 1.51. The van der Waals surface area contributed by atoms with Gasteiger partial charge in [-0.1, -0.05) is 24.3 Å². The molecular formula is C20H14F3NO4. The quantitative estimate of drug-likeness (QED) is 0.446. The Labute approximate surface area is 158 Å². The van der Waals surface area contributed by atoms with Gasteiger partial charge >= 0.3 is 12.1 Å². The first kappa shape index (κ1) is 19.3. The third-order valence-electron chi connectivity index (χ3n) is 4.09. The number of carbonyl (C=O) groups is 3. The molecule has 2 aromatic rings. The molecule has 1 aliphatic rings. The zero-order valence-electron chi connectivity index (χ0n) is 14.4. The van der Waals surface area contributed by atoms with Crippen molar-refractivity contribution in [3.8, 4) is 0 Å². The molecule has 0 saturated carbocycles. The minimum atomic E-state index is -4.43. The molecule has 0 bridgehead atoms. The number of amides is 2. The number of nitrogens with zero attached hydrogens (tertiary/aromatic N) is 1. The second kappa shape index (κ2) is 7.67. The third kappa shape index (κ3) is 4.11. The Hall–Kier alpha value is -3.42. The van der Waals surface area contributed by atoms with E-state index < -0.39 is 29.5 Å². The molecule has 0 radical (unpaired) electrons. The number of hydrogen-bond donors (Lipinski definition) is 0. The monoisotopic (exact) mass is 389 g/mol. The van der Waals surface area contributed by atoms with Gasteiger partial charge in [-0.25, -0.2) is 4.79 Å². The number of alkyl halides is 3. The fourth-order valence-electron chi connectivity index (χ4n) is 2.68. The number of ether oxygens (including phenoxy) is 1. The van der Waals surface area contributed by atoms with Crippen molar-refractivity contribution >= 4 is 23.9 Å². The minimum absolute atomic E-state index is 0.0911. The number of esters is 1. The molecular weight excluding hydrogens is 375 g/mol. The van der Waals surface area contributed by atoms with Crippen LogP contribution < -0.4 is 0 Å². The van der Waals surface area contributed by atoms with E-state index in [-0.39, 0.29) is 13.2 Å². The smallest absolute Gasteiger partial charge is 0.416 e. The van der Waals surface area contributed by atoms with E-state index in [0.29, 0.717) is 16.7 Å². The predicted molar refractivity (Wildman–Crippen MR) is 93.2 cm³/mol. The van der Waals surface area contributed by atoms with Crippen LogP contribution in [0.3, 0.4) is 0 Å². The highest BCUT2D eigenvalue weighted by atomic mass is 19.4. The molecule has 0 N–H and O–H groups in total. The highest BCUT2D eigenvalue weighted by molar-refractivity contribution is 6.21. The van der Waals surface area contributed by atoms with Crippen LogP contribution in [0.4, 0.5) is 13.2 Å². The van der Waals surface area contributed by atoms with Gasteiger partial charge in [0.25, 0.3) is 11.8 Å². The van der Waals surface area contributed by atoms with Crippen LogP contribution in [0, 0.1) is 0 Å². The van der Waals surface area contributed by atoms with Crippen LogP contribution in [-0.4, -0.2) is 35.8 Å². The number of carbonyl (C=O) groups excluding carboxylic acids is 3. The number of imide groups is 1. The molecule has 144 valence electrons. The number of benzene rings is 2. The average molecular weight is 389 g/mol. The van der Waals surface area contributed by atoms with Gasteiger partial charge in [0.15, 0.2) is 0 Å². The van der Waals surface area contributed by atoms with Crippen LogP contribution in [0.15, 0.2) is 54.6 Å². The molecule has 1 aliphatic heterocycles. The Morgan fingerprint density at radius 2 is 1.54 bits per heavy atom. The van der Waals surface area contributed by atoms with Crippen LogP contribution in [0.1, 0.15) is 31.8 Å². The van der Waals surface area contributed by atoms with Crippen LogP contribution in [0.25, 0.3) is 6.08 Å². The first-order valence-electron chi connectivity index (χ1n) is 8.24. The number of rotatable bonds is 5. The number of halogens is 3. The molecule has 1 heterocycles. The lowest BCUT2D eigenvalue weighted by Crippen LogP contribution is -2.33. The van der Waals surface area contributed by atoms with Crippen molar-refractivity contribution in [2.75, 3.05) is 13.2 Å². The molecule has 0 aliphatic carbocycles. The summed E-state index contributed by atoms with van der Waals surface area (Å²) in [5, 5.41) is 0. The maximum atomic E-state index is 12.5. The largest absolute Gasteiger partial charge is 0.461 e. The first-order valence-corrected chi connectivity index (χ1v) is 8.24. The third-order valence-corrected chi connectivity index (χ3v) is 4.09. The molecule has 8 heteroatoms. The van der Waals surface area contributed by atoms with E-state index in [1.54, 1.807) is 24.3 Å². The first-order chi connectivity index (χ1) is 13.3. The Kier molecular flexibility index (Phi) is 5.30. The molecule has 3 rings (SSSR count). The van der Waals surface area contributed by atoms with E-state index in [1.165, 1.54) is 18.2 Å². The Morgan fingerprint density at radius 3 is 2.07 bits per heavy atom. The van der Waals surface area contributed by atoms with Gasteiger partial charge in [-0.3, -0.25) is 14.5 Å². The van der Waals surface area contributed by atoms with E-state index in [1.807, 2.05) is 0 Å². The van der Waals surface area contributed by atoms with Crippen molar-refractivity contribution in [1.29, 1.82) is 0 Å². The van der Waals surface area contributed by atoms with Gasteiger partial charge in [0.05, 0.1) is 23.2 Å². The van der Waals surface area contributed by atoms with Gasteiger partial charge in [-0.2, -0.15) is 13.2 Å². The predicted octanol–water partition coefficient (Wildman–Crippen LogP) is 3.56. The molecule has 0 fully saturated rings. The summed E-state index contributed by atoms with van der Waals surface area (Å²) in [5.41, 5.74) is 0.223. The highest BCUT2D eigenvalue weighted by Gasteiger charge is 2.34. The van der Waals surface area contributed by atoms with Crippen molar-refractivity contribution in [3.05, 3.63) is 76.9 Å². The van der Waals surface area contributed by atoms with Gasteiger partial charge in [0.2, 0.25) is 0 Å². The summed E-state index contributed by atoms with van der Waals surface area (Å²) in [6.45, 7) is -0.284. The van der Waals surface area contributed by atoms with E-state index in [0.717, 1.165) is 23.1 Å². The topological polar surface area (TPSA) is 63.7 Å². The molecule has 5 nitrogen and oxygen atoms in total. The summed E-state index contributed by atoms with van der Waals surface area (Å²) in [6, 6.07) is 10.7. The zero-order chi connectivity index (χ0) is 20.3. The van der Waals surface area contributed by atoms with E-state index in [9.17, 15) is 27.6 Å². The maximum Gasteiger partial charge on any atom is 0.416 e. The van der Waals surface area contributed by atoms with Gasteiger partial charge in [0, 0.05) is 6.08 Å². The summed E-state index contributed by atoms with van der Waals surface area (Å²) in [5.74, 6) is -1.63. The summed E-state index contributed by atoms with van der Waals surface area (Å²) in [6.07, 6.45) is -2.05. The molecule has 0 unspecified atom stereocenters. The number of fused-ring (bicyclic) bond motifs is 1. The molecule has 0 saturated heterocycles. The lowest BCUT2D eigenvalue weighted by atomic mass is 10.1. The standard InChI is InChI=1S/C20H14F3NO4/c21-20(22,23)14-8-5-13(6-9-14)7-10-17(25)28-12-11-24-18(26)15-3-1-2-4-16(15)19(24)27/h1-10H,11-12H2/b10-7+. The fraction of sp³-hybridized carbons (Fsp3) is 0.150. The fourth-order valence-corrected chi connectivity index (χ4v) is 2.68. The van der Waals surface area contributed by atoms with Crippen molar-refractivity contribution in [3.63, 3.8) is 0 Å². The molecule has 0 spiro atoms. The molecule has 2 amide bonds. The second-order valence-corrected chi connectivity index (χ2v) is 5.93. The molecule has 2 aromatic carbocycles. The maximum absolute atomic E-state index is 12.5. The molecule has 0 atom stereocenters. The van der Waals surface area contributed by atoms with Gasteiger partial charge in [0.1, 0.15) is 6.61 Å². The summed E-state index contributed by atoms with van der Waals surface area (Å²) < 4.78 is 42.4. The average Bonchev–Trinajstić information content (AvgIpc) is 2.91. The second-order valence-electron chi connectivity index (χ2n) is 5.93. The van der Waals surface area contributed by atoms with Crippen molar-refractivity contribution in [2.24, 2.45) is 0 Å². The SMILES string of the molecule is O=C(/C=C/c1ccc(C(F)(F)F)cc1)OCCN1C(=O)c2ccccc2C1=O. The van der Waals surface area contributed by atoms with Crippen LogP contribution in [0.2, 0.25) is 0 Å². The van der Waals surface area contributed by atoms with Crippen LogP contribution >= 0.6 is 0 Å². The highest BCUT2D eigenvalue weighted by Crippen LogP contribution is 2.29. The summed E-state index contributed by atoms with van der Waals surface area (Å²) in [7, 11) is 0. The molecule has 28 heavy (non-hydrogen) atoms. The number of hydrogen-bond acceptors (Lipinski definition) is 4. The van der Waals surface area contributed by atoms with E-state index in [4.69, 9.17) is 4.74 Å². The Bertz CT molecular complexity index is 914. The zero-order valence-corrected chi connectivity index (χ0v) is 14.4. The van der Waals surface area contributed by atoms with Gasteiger partial charge < -0.3 is 4.74 Å². The van der Waals surface area contributed by atoms with Crippen LogP contribution in [-0.2, 0) is 15.7 Å². The van der Waals surface area contributed by atoms with Crippen LogP contribution in [0.5, 0.6) is 0 Å². The lowest BCUT2D eigenvalue weighted by Gasteiger charge is -2.13. The van der Waals surface area contributed by atoms with Gasteiger partial charge in [-0.05, 0) is 35.9 Å². The Morgan fingerprint density at radius 1 is 0.964 bits per heavy atom. The summed E-state index contributed by atoms with van der Waals surface area (Å²) >= 11 is 0. The lowest BCUT2D eigenvalue weighted by molar-refractivity contribution is -0.138. The van der Waals surface area contributed by atoms with E-state index >= 15 is 0 Å².